The lowest BCUT2D eigenvalue weighted by Gasteiger charge is -2.37. The first-order valence-electron chi connectivity index (χ1n) is 8.98. The van der Waals surface area contributed by atoms with Crippen LogP contribution in [0.5, 0.6) is 0 Å². The molecule has 0 amide bonds. The Labute approximate surface area is 173 Å². The Balaban J connectivity index is 0.00000338. The fraction of sp³-hybridized carbons (Fsp3) is 0.611. The third-order valence-corrected chi connectivity index (χ3v) is 4.19. The summed E-state index contributed by atoms with van der Waals surface area (Å²) in [4.78, 5) is 19.8. The first-order valence-corrected chi connectivity index (χ1v) is 8.98. The third-order valence-electron chi connectivity index (χ3n) is 4.19. The summed E-state index contributed by atoms with van der Waals surface area (Å²) in [7, 11) is 0. The highest BCUT2D eigenvalue weighted by molar-refractivity contribution is 14.0. The Kier molecular flexibility index (Phi) is 9.85. The standard InChI is InChI=1S/C18H29N5O2.HI/c1-4-19-18(22-11-9-21(10-12-22)14-15(2)3)20-13-16-5-7-17(8-6-16)23(24)25;/h5-8,15H,4,9-14H2,1-3H3,(H,19,20);1H. The Hall–Kier alpha value is -1.42. The molecule has 1 aliphatic rings. The second-order valence-electron chi connectivity index (χ2n) is 6.78. The molecule has 0 spiro atoms. The van der Waals surface area contributed by atoms with Crippen LogP contribution in [0.1, 0.15) is 26.3 Å². The molecule has 1 N–H and O–H groups in total. The number of rotatable bonds is 6. The molecule has 2 rings (SSSR count). The molecule has 8 heteroatoms. The highest BCUT2D eigenvalue weighted by Crippen LogP contribution is 2.13. The van der Waals surface area contributed by atoms with Crippen LogP contribution < -0.4 is 5.32 Å². The average Bonchev–Trinajstić information content (AvgIpc) is 2.59. The molecule has 146 valence electrons. The van der Waals surface area contributed by atoms with Crippen LogP contribution in [0.3, 0.4) is 0 Å². The van der Waals surface area contributed by atoms with Gasteiger partial charge in [0, 0.05) is 51.4 Å². The summed E-state index contributed by atoms with van der Waals surface area (Å²) >= 11 is 0. The maximum Gasteiger partial charge on any atom is 0.269 e. The average molecular weight is 475 g/mol. The van der Waals surface area contributed by atoms with E-state index < -0.39 is 0 Å². The van der Waals surface area contributed by atoms with Crippen molar-refractivity contribution in [2.75, 3.05) is 39.3 Å². The summed E-state index contributed by atoms with van der Waals surface area (Å²) in [6.07, 6.45) is 0. The topological polar surface area (TPSA) is 74.0 Å². The molecule has 0 atom stereocenters. The van der Waals surface area contributed by atoms with Crippen molar-refractivity contribution < 1.29 is 4.92 Å². The van der Waals surface area contributed by atoms with Gasteiger partial charge >= 0.3 is 0 Å². The maximum absolute atomic E-state index is 10.7. The number of halogens is 1. The SMILES string of the molecule is CCNC(=NCc1ccc([N+](=O)[O-])cc1)N1CCN(CC(C)C)CC1.I. The number of piperazine rings is 1. The number of nitro groups is 1. The van der Waals surface area contributed by atoms with E-state index >= 15 is 0 Å². The van der Waals surface area contributed by atoms with Gasteiger partial charge in [0.25, 0.3) is 5.69 Å². The summed E-state index contributed by atoms with van der Waals surface area (Å²) in [5.41, 5.74) is 1.08. The summed E-state index contributed by atoms with van der Waals surface area (Å²) in [6, 6.07) is 6.60. The zero-order chi connectivity index (χ0) is 18.2. The van der Waals surface area contributed by atoms with Crippen molar-refractivity contribution in [3.05, 3.63) is 39.9 Å². The molecular weight excluding hydrogens is 445 g/mol. The molecule has 7 nitrogen and oxygen atoms in total. The molecule has 26 heavy (non-hydrogen) atoms. The van der Waals surface area contributed by atoms with Crippen molar-refractivity contribution >= 4 is 35.6 Å². The van der Waals surface area contributed by atoms with Crippen molar-refractivity contribution in [3.63, 3.8) is 0 Å². The lowest BCUT2D eigenvalue weighted by molar-refractivity contribution is -0.384. The predicted molar refractivity (Wildman–Crippen MR) is 116 cm³/mol. The molecule has 1 aromatic carbocycles. The Morgan fingerprint density at radius 2 is 1.85 bits per heavy atom. The number of nitrogens with zero attached hydrogens (tertiary/aromatic N) is 4. The molecule has 1 fully saturated rings. The fourth-order valence-corrected chi connectivity index (χ4v) is 2.97. The number of nitro benzene ring substituents is 1. The van der Waals surface area contributed by atoms with Gasteiger partial charge in [0.15, 0.2) is 5.96 Å². The number of benzene rings is 1. The lowest BCUT2D eigenvalue weighted by Crippen LogP contribution is -2.53. The highest BCUT2D eigenvalue weighted by Gasteiger charge is 2.19. The van der Waals surface area contributed by atoms with Gasteiger partial charge in [0.2, 0.25) is 0 Å². The van der Waals surface area contributed by atoms with Gasteiger partial charge in [-0.2, -0.15) is 0 Å². The zero-order valence-corrected chi connectivity index (χ0v) is 18.2. The minimum atomic E-state index is -0.381. The number of non-ortho nitro benzene ring substituents is 1. The zero-order valence-electron chi connectivity index (χ0n) is 15.9. The second kappa shape index (κ2) is 11.3. The molecule has 0 saturated carbocycles. The van der Waals surface area contributed by atoms with Crippen LogP contribution in [0.15, 0.2) is 29.3 Å². The number of hydrogen-bond acceptors (Lipinski definition) is 4. The van der Waals surface area contributed by atoms with E-state index in [1.165, 1.54) is 12.1 Å². The summed E-state index contributed by atoms with van der Waals surface area (Å²) in [6.45, 7) is 13.1. The fourth-order valence-electron chi connectivity index (χ4n) is 2.97. The normalized spacial score (nSPS) is 15.7. The van der Waals surface area contributed by atoms with E-state index in [1.54, 1.807) is 12.1 Å². The van der Waals surface area contributed by atoms with Crippen LogP contribution >= 0.6 is 24.0 Å². The van der Waals surface area contributed by atoms with E-state index in [4.69, 9.17) is 4.99 Å². The van der Waals surface area contributed by atoms with E-state index in [1.807, 2.05) is 0 Å². The van der Waals surface area contributed by atoms with Gasteiger partial charge in [0.1, 0.15) is 0 Å². The third kappa shape index (κ3) is 7.06. The van der Waals surface area contributed by atoms with Gasteiger partial charge in [0.05, 0.1) is 11.5 Å². The van der Waals surface area contributed by atoms with Gasteiger partial charge in [-0.25, -0.2) is 4.99 Å². The van der Waals surface area contributed by atoms with Gasteiger partial charge in [-0.1, -0.05) is 26.0 Å². The molecule has 1 saturated heterocycles. The van der Waals surface area contributed by atoms with Crippen molar-refractivity contribution in [2.24, 2.45) is 10.9 Å². The monoisotopic (exact) mass is 475 g/mol. The second-order valence-corrected chi connectivity index (χ2v) is 6.78. The minimum Gasteiger partial charge on any atom is -0.357 e. The van der Waals surface area contributed by atoms with Gasteiger partial charge < -0.3 is 10.2 Å². The molecule has 0 unspecified atom stereocenters. The summed E-state index contributed by atoms with van der Waals surface area (Å²) in [5.74, 6) is 1.61. The molecule has 1 aromatic rings. The molecule has 0 radical (unpaired) electrons. The van der Waals surface area contributed by atoms with Crippen molar-refractivity contribution in [3.8, 4) is 0 Å². The quantitative estimate of drug-likeness (QED) is 0.225. The molecule has 0 aromatic heterocycles. The van der Waals surface area contributed by atoms with Crippen molar-refractivity contribution in [2.45, 2.75) is 27.3 Å². The van der Waals surface area contributed by atoms with E-state index in [-0.39, 0.29) is 34.6 Å². The summed E-state index contributed by atoms with van der Waals surface area (Å²) < 4.78 is 0. The van der Waals surface area contributed by atoms with Gasteiger partial charge in [-0.3, -0.25) is 15.0 Å². The van der Waals surface area contributed by atoms with E-state index in [0.29, 0.717) is 12.5 Å². The molecular formula is C18H30IN5O2. The number of hydrogen-bond donors (Lipinski definition) is 1. The van der Waals surface area contributed by atoms with Crippen LogP contribution in [0.25, 0.3) is 0 Å². The molecule has 1 aliphatic heterocycles. The molecule has 0 bridgehead atoms. The summed E-state index contributed by atoms with van der Waals surface area (Å²) in [5, 5.41) is 14.1. The molecule has 1 heterocycles. The van der Waals surface area contributed by atoms with Crippen molar-refractivity contribution in [1.82, 2.24) is 15.1 Å². The van der Waals surface area contributed by atoms with Crippen LogP contribution in [0, 0.1) is 16.0 Å². The van der Waals surface area contributed by atoms with Crippen molar-refractivity contribution in [1.29, 1.82) is 0 Å². The number of aliphatic imine (C=N–C) groups is 1. The number of guanidine groups is 1. The van der Waals surface area contributed by atoms with Crippen LogP contribution in [-0.2, 0) is 6.54 Å². The smallest absolute Gasteiger partial charge is 0.269 e. The van der Waals surface area contributed by atoms with Crippen LogP contribution in [0.4, 0.5) is 5.69 Å². The largest absolute Gasteiger partial charge is 0.357 e. The van der Waals surface area contributed by atoms with Gasteiger partial charge in [-0.15, -0.1) is 24.0 Å². The Morgan fingerprint density at radius 3 is 2.35 bits per heavy atom. The first-order chi connectivity index (χ1) is 12.0. The number of nitrogens with one attached hydrogen (secondary N) is 1. The Bertz CT molecular complexity index is 584. The predicted octanol–water partition coefficient (Wildman–Crippen LogP) is 2.95. The Morgan fingerprint density at radius 1 is 1.23 bits per heavy atom. The van der Waals surface area contributed by atoms with E-state index in [9.17, 15) is 10.1 Å². The first kappa shape index (κ1) is 22.6. The van der Waals surface area contributed by atoms with Crippen LogP contribution in [0.2, 0.25) is 0 Å². The van der Waals surface area contributed by atoms with Crippen LogP contribution in [-0.4, -0.2) is 60.0 Å². The van der Waals surface area contributed by atoms with Gasteiger partial charge in [-0.05, 0) is 18.4 Å². The maximum atomic E-state index is 10.7. The van der Waals surface area contributed by atoms with E-state index in [0.717, 1.165) is 50.8 Å². The molecule has 0 aliphatic carbocycles. The highest BCUT2D eigenvalue weighted by atomic mass is 127. The minimum absolute atomic E-state index is 0. The lowest BCUT2D eigenvalue weighted by atomic mass is 10.2. The van der Waals surface area contributed by atoms with E-state index in [2.05, 4.69) is 35.9 Å².